The van der Waals surface area contributed by atoms with Crippen molar-refractivity contribution in [3.8, 4) is 0 Å². The van der Waals surface area contributed by atoms with Gasteiger partial charge in [0.25, 0.3) is 12.0 Å². The van der Waals surface area contributed by atoms with Gasteiger partial charge in [0.1, 0.15) is 6.10 Å². The summed E-state index contributed by atoms with van der Waals surface area (Å²) in [4.78, 5) is 25.0. The smallest absolute Gasteiger partial charge is 0.330 e. The van der Waals surface area contributed by atoms with Crippen molar-refractivity contribution in [1.82, 2.24) is 9.55 Å². The summed E-state index contributed by atoms with van der Waals surface area (Å²) < 4.78 is 64.2. The molecule has 0 saturated carbocycles. The summed E-state index contributed by atoms with van der Waals surface area (Å²) in [5.74, 6) is 0. The van der Waals surface area contributed by atoms with Crippen molar-refractivity contribution in [3.63, 3.8) is 0 Å². The minimum absolute atomic E-state index is 0.433. The van der Waals surface area contributed by atoms with Gasteiger partial charge in [-0.1, -0.05) is 0 Å². The highest BCUT2D eigenvalue weighted by Crippen LogP contribution is 2.61. The van der Waals surface area contributed by atoms with Crippen molar-refractivity contribution < 1.29 is 31.5 Å². The molecule has 26 heavy (non-hydrogen) atoms. The molecule has 0 amide bonds. The molecule has 0 aromatic carbocycles. The van der Waals surface area contributed by atoms with Crippen LogP contribution in [0, 0.1) is 0 Å². The zero-order valence-corrected chi connectivity index (χ0v) is 15.3. The summed E-state index contributed by atoms with van der Waals surface area (Å²) >= 11 is 5.10. The second-order valence-electron chi connectivity index (χ2n) is 6.13. The van der Waals surface area contributed by atoms with Gasteiger partial charge in [0.2, 0.25) is 0 Å². The molecule has 0 bridgehead atoms. The first kappa shape index (κ1) is 19.7. The van der Waals surface area contributed by atoms with E-state index in [2.05, 4.69) is 0 Å². The Bertz CT molecular complexity index is 848. The minimum atomic E-state index is -3.46. The molecule has 5 atom stereocenters. The Labute approximate surface area is 150 Å². The molecule has 3 rings (SSSR count). The van der Waals surface area contributed by atoms with Crippen molar-refractivity contribution in [2.75, 3.05) is 6.61 Å². The van der Waals surface area contributed by atoms with Gasteiger partial charge < -0.3 is 13.8 Å². The maximum Gasteiger partial charge on any atom is 0.330 e. The number of alkyl halides is 3. The molecule has 2 fully saturated rings. The van der Waals surface area contributed by atoms with E-state index in [0.29, 0.717) is 4.57 Å². The summed E-state index contributed by atoms with van der Waals surface area (Å²) in [5.41, 5.74) is -4.18. The van der Waals surface area contributed by atoms with Gasteiger partial charge in [0.05, 0.1) is 12.7 Å². The molecule has 2 saturated heterocycles. The van der Waals surface area contributed by atoms with Gasteiger partial charge in [-0.05, 0) is 25.7 Å². The molecule has 1 N–H and O–H groups in total. The van der Waals surface area contributed by atoms with Gasteiger partial charge >= 0.3 is 12.4 Å². The zero-order chi connectivity index (χ0) is 19.3. The number of H-pyrrole nitrogens is 1. The van der Waals surface area contributed by atoms with Crippen LogP contribution in [0.5, 0.6) is 0 Å². The Kier molecular flexibility index (Phi) is 5.19. The highest BCUT2D eigenvalue weighted by molar-refractivity contribution is 8.07. The average molecular weight is 416 g/mol. The van der Waals surface area contributed by atoms with E-state index in [4.69, 9.17) is 30.1 Å². The van der Waals surface area contributed by atoms with Crippen molar-refractivity contribution in [1.29, 1.82) is 0 Å². The van der Waals surface area contributed by atoms with E-state index >= 15 is 4.39 Å². The van der Waals surface area contributed by atoms with Crippen molar-refractivity contribution in [2.45, 2.75) is 50.5 Å². The third-order valence-corrected chi connectivity index (χ3v) is 6.35. The lowest BCUT2D eigenvalue weighted by atomic mass is 9.97. The molecule has 1 aromatic rings. The SMILES string of the molecule is CC(C)OP1(=S)OC[C@@]2(C(F)F)O[C@@H](n3ccc(=O)[nH]c3=O)[C@@H](F)[C@@H]2O1. The molecular formula is C13H16F3N2O6PS. The number of halogens is 3. The van der Waals surface area contributed by atoms with Crippen LogP contribution < -0.4 is 11.2 Å². The molecular weight excluding hydrogens is 400 g/mol. The Morgan fingerprint density at radius 3 is 2.73 bits per heavy atom. The molecule has 3 heterocycles. The van der Waals surface area contributed by atoms with Crippen molar-refractivity contribution in [3.05, 3.63) is 33.1 Å². The highest BCUT2D eigenvalue weighted by Gasteiger charge is 2.67. The number of rotatable bonds is 4. The fraction of sp³-hybridized carbons (Fsp3) is 0.692. The summed E-state index contributed by atoms with van der Waals surface area (Å²) in [6.07, 6.45) is -8.38. The summed E-state index contributed by atoms with van der Waals surface area (Å²) in [6.45, 7) is -0.947. The minimum Gasteiger partial charge on any atom is -0.337 e. The van der Waals surface area contributed by atoms with Gasteiger partial charge in [-0.3, -0.25) is 18.9 Å². The maximum absolute atomic E-state index is 15.0. The monoisotopic (exact) mass is 416 g/mol. The third-order valence-electron chi connectivity index (χ3n) is 3.91. The van der Waals surface area contributed by atoms with Crippen molar-refractivity contribution >= 4 is 18.5 Å². The van der Waals surface area contributed by atoms with Crippen LogP contribution in [0.1, 0.15) is 20.1 Å². The maximum atomic E-state index is 15.0. The van der Waals surface area contributed by atoms with E-state index in [1.54, 1.807) is 13.8 Å². The topological polar surface area (TPSA) is 91.8 Å². The van der Waals surface area contributed by atoms with E-state index in [1.807, 2.05) is 4.98 Å². The second-order valence-corrected chi connectivity index (χ2v) is 9.04. The van der Waals surface area contributed by atoms with E-state index in [9.17, 15) is 18.4 Å². The predicted molar refractivity (Wildman–Crippen MR) is 86.4 cm³/mol. The van der Waals surface area contributed by atoms with E-state index in [1.165, 1.54) is 0 Å². The predicted octanol–water partition coefficient (Wildman–Crippen LogP) is 1.47. The first-order valence-electron chi connectivity index (χ1n) is 7.61. The normalized spacial score (nSPS) is 37.3. The van der Waals surface area contributed by atoms with Crippen LogP contribution in [0.4, 0.5) is 13.2 Å². The Morgan fingerprint density at radius 1 is 1.46 bits per heavy atom. The second kappa shape index (κ2) is 6.84. The van der Waals surface area contributed by atoms with Crippen LogP contribution in [0.3, 0.4) is 0 Å². The summed E-state index contributed by atoms with van der Waals surface area (Å²) in [6, 6.07) is 0.943. The van der Waals surface area contributed by atoms with Gasteiger partial charge in [-0.25, -0.2) is 18.0 Å². The molecule has 0 radical (unpaired) electrons. The summed E-state index contributed by atoms with van der Waals surface area (Å²) in [5, 5.41) is 0. The van der Waals surface area contributed by atoms with Gasteiger partial charge in [-0.2, -0.15) is 0 Å². The number of nitrogens with one attached hydrogen (secondary N) is 1. The number of nitrogens with zero attached hydrogens (tertiary/aromatic N) is 1. The number of aromatic nitrogens is 2. The highest BCUT2D eigenvalue weighted by atomic mass is 32.5. The van der Waals surface area contributed by atoms with E-state index in [-0.39, 0.29) is 0 Å². The van der Waals surface area contributed by atoms with Crippen LogP contribution in [0.2, 0.25) is 0 Å². The average Bonchev–Trinajstić information content (AvgIpc) is 2.80. The quantitative estimate of drug-likeness (QED) is 0.744. The van der Waals surface area contributed by atoms with Gasteiger partial charge in [0, 0.05) is 12.3 Å². The standard InChI is InChI=1S/C13H16F3N2O6PS/c1-6(2)23-25(26)21-5-13(11(15)16)9(24-25)8(14)10(22-13)18-4-3-7(19)17-12(18)20/h3-4,6,8-11H,5H2,1-2H3,(H,17,19,20)/t8-,9-,10+,13+,25?/m0/s1. The molecule has 1 aromatic heterocycles. The van der Waals surface area contributed by atoms with Crippen LogP contribution >= 0.6 is 6.72 Å². The molecule has 2 aliphatic heterocycles. The lowest BCUT2D eigenvalue weighted by Gasteiger charge is -2.41. The van der Waals surface area contributed by atoms with Gasteiger partial charge in [0.15, 0.2) is 18.0 Å². The third kappa shape index (κ3) is 3.30. The lowest BCUT2D eigenvalue weighted by Crippen LogP contribution is -2.55. The number of hydrogen-bond acceptors (Lipinski definition) is 7. The number of aromatic amines is 1. The molecule has 146 valence electrons. The fourth-order valence-electron chi connectivity index (χ4n) is 2.78. The molecule has 2 aliphatic rings. The van der Waals surface area contributed by atoms with Crippen LogP contribution in [-0.2, 0) is 30.1 Å². The summed E-state index contributed by atoms with van der Waals surface area (Å²) in [7, 11) is 0. The lowest BCUT2D eigenvalue weighted by molar-refractivity contribution is -0.204. The molecule has 0 aliphatic carbocycles. The molecule has 8 nitrogen and oxygen atoms in total. The van der Waals surface area contributed by atoms with Crippen LogP contribution in [0.15, 0.2) is 21.9 Å². The largest absolute Gasteiger partial charge is 0.337 e. The van der Waals surface area contributed by atoms with E-state index in [0.717, 1.165) is 12.3 Å². The number of hydrogen-bond donors (Lipinski definition) is 1. The first-order chi connectivity index (χ1) is 12.1. The molecule has 0 spiro atoms. The number of fused-ring (bicyclic) bond motifs is 1. The molecule has 1 unspecified atom stereocenters. The van der Waals surface area contributed by atoms with Gasteiger partial charge in [-0.15, -0.1) is 0 Å². The van der Waals surface area contributed by atoms with Crippen molar-refractivity contribution in [2.24, 2.45) is 0 Å². The number of ether oxygens (including phenoxy) is 1. The Morgan fingerprint density at radius 2 is 2.15 bits per heavy atom. The first-order valence-corrected chi connectivity index (χ1v) is 10.2. The van der Waals surface area contributed by atoms with E-state index < -0.39 is 61.2 Å². The van der Waals surface area contributed by atoms with Crippen LogP contribution in [-0.4, -0.2) is 46.6 Å². The Hall–Kier alpha value is -1.04. The van der Waals surface area contributed by atoms with Crippen LogP contribution in [0.25, 0.3) is 0 Å². The Balaban J connectivity index is 1.99. The molecule has 13 heteroatoms. The zero-order valence-electron chi connectivity index (χ0n) is 13.6. The fourth-order valence-corrected chi connectivity index (χ4v) is 5.35.